The van der Waals surface area contributed by atoms with E-state index >= 15 is 0 Å². The van der Waals surface area contributed by atoms with Crippen LogP contribution in [0.1, 0.15) is 10.4 Å². The van der Waals surface area contributed by atoms with Gasteiger partial charge in [0.05, 0.1) is 17.7 Å². The molecule has 0 amide bonds. The van der Waals surface area contributed by atoms with Crippen molar-refractivity contribution in [3.63, 3.8) is 0 Å². The molecular formula is C8H6ClFO4S. The average molecular weight is 253 g/mol. The molecule has 0 aliphatic rings. The molecule has 0 heterocycles. The molecular weight excluding hydrogens is 247 g/mol. The van der Waals surface area contributed by atoms with Crippen LogP contribution in [-0.4, -0.2) is 21.5 Å². The van der Waals surface area contributed by atoms with E-state index in [1.165, 1.54) is 12.1 Å². The Morgan fingerprint density at radius 3 is 2.53 bits per heavy atom. The van der Waals surface area contributed by atoms with Crippen LogP contribution >= 0.6 is 11.6 Å². The standard InChI is InChI=1S/C8H6ClFO4S/c1-14-8(11)5-3-2-4-6(9)7(5)15(10,12)13/h2-4H,1H3. The van der Waals surface area contributed by atoms with Crippen molar-refractivity contribution in [3.8, 4) is 0 Å². The molecule has 1 aromatic rings. The second kappa shape index (κ2) is 4.16. The molecule has 0 bridgehead atoms. The first-order valence-corrected chi connectivity index (χ1v) is 5.45. The highest BCUT2D eigenvalue weighted by molar-refractivity contribution is 7.86. The fraction of sp³-hybridized carbons (Fsp3) is 0.125. The third kappa shape index (κ3) is 2.45. The lowest BCUT2D eigenvalue weighted by Crippen LogP contribution is -2.08. The van der Waals surface area contributed by atoms with Crippen molar-refractivity contribution in [2.45, 2.75) is 4.90 Å². The summed E-state index contributed by atoms with van der Waals surface area (Å²) in [6, 6.07) is 3.61. The summed E-state index contributed by atoms with van der Waals surface area (Å²) in [6.07, 6.45) is 0. The summed E-state index contributed by atoms with van der Waals surface area (Å²) in [6.45, 7) is 0. The second-order valence-electron chi connectivity index (χ2n) is 2.55. The summed E-state index contributed by atoms with van der Waals surface area (Å²) in [5.74, 6) is -0.964. The number of halogens is 2. The highest BCUT2D eigenvalue weighted by Crippen LogP contribution is 2.27. The minimum absolute atomic E-state index is 0.361. The fourth-order valence-electron chi connectivity index (χ4n) is 1.03. The fourth-order valence-corrected chi connectivity index (χ4v) is 2.19. The minimum atomic E-state index is -5.05. The zero-order chi connectivity index (χ0) is 11.6. The van der Waals surface area contributed by atoms with Crippen LogP contribution in [0.5, 0.6) is 0 Å². The Balaban J connectivity index is 3.54. The molecule has 0 N–H and O–H groups in total. The molecule has 0 aliphatic carbocycles. The molecule has 15 heavy (non-hydrogen) atoms. The molecule has 82 valence electrons. The maximum atomic E-state index is 12.8. The topological polar surface area (TPSA) is 60.4 Å². The van der Waals surface area contributed by atoms with Crippen molar-refractivity contribution in [2.24, 2.45) is 0 Å². The van der Waals surface area contributed by atoms with E-state index in [2.05, 4.69) is 4.74 Å². The van der Waals surface area contributed by atoms with E-state index in [9.17, 15) is 17.1 Å². The Kier molecular flexibility index (Phi) is 3.31. The van der Waals surface area contributed by atoms with E-state index in [0.717, 1.165) is 13.2 Å². The van der Waals surface area contributed by atoms with Gasteiger partial charge in [-0.15, -0.1) is 3.89 Å². The zero-order valence-electron chi connectivity index (χ0n) is 7.53. The Labute approximate surface area is 90.8 Å². The Bertz CT molecular complexity index is 497. The van der Waals surface area contributed by atoms with Crippen LogP contribution in [0.3, 0.4) is 0 Å². The van der Waals surface area contributed by atoms with Crippen molar-refractivity contribution in [3.05, 3.63) is 28.8 Å². The van der Waals surface area contributed by atoms with Crippen molar-refractivity contribution < 1.29 is 21.8 Å². The van der Waals surface area contributed by atoms with Gasteiger partial charge in [0, 0.05) is 0 Å². The summed E-state index contributed by atoms with van der Waals surface area (Å²) >= 11 is 5.49. The van der Waals surface area contributed by atoms with Crippen molar-refractivity contribution in [2.75, 3.05) is 7.11 Å². The second-order valence-corrected chi connectivity index (χ2v) is 4.24. The van der Waals surface area contributed by atoms with Crippen LogP contribution in [-0.2, 0) is 15.0 Å². The van der Waals surface area contributed by atoms with Crippen molar-refractivity contribution in [1.82, 2.24) is 0 Å². The van der Waals surface area contributed by atoms with Gasteiger partial charge in [-0.2, -0.15) is 8.42 Å². The number of carbonyl (C=O) groups excluding carboxylic acids is 1. The van der Waals surface area contributed by atoms with Gasteiger partial charge in [0.25, 0.3) is 0 Å². The number of hydrogen-bond acceptors (Lipinski definition) is 4. The monoisotopic (exact) mass is 252 g/mol. The number of esters is 1. The molecule has 0 aliphatic heterocycles. The van der Waals surface area contributed by atoms with Gasteiger partial charge in [-0.1, -0.05) is 17.7 Å². The first kappa shape index (κ1) is 11.9. The molecule has 1 rings (SSSR count). The molecule has 0 radical (unpaired) electrons. The Hall–Kier alpha value is -1.14. The Morgan fingerprint density at radius 2 is 2.07 bits per heavy atom. The lowest BCUT2D eigenvalue weighted by Gasteiger charge is -2.05. The van der Waals surface area contributed by atoms with Crippen LogP contribution < -0.4 is 0 Å². The van der Waals surface area contributed by atoms with E-state index < -0.39 is 26.7 Å². The van der Waals surface area contributed by atoms with E-state index in [4.69, 9.17) is 11.6 Å². The highest BCUT2D eigenvalue weighted by Gasteiger charge is 2.25. The van der Waals surface area contributed by atoms with Crippen LogP contribution in [0.15, 0.2) is 23.1 Å². The van der Waals surface area contributed by atoms with Crippen molar-refractivity contribution in [1.29, 1.82) is 0 Å². The van der Waals surface area contributed by atoms with Crippen LogP contribution in [0.4, 0.5) is 3.89 Å². The van der Waals surface area contributed by atoms with Gasteiger partial charge in [0.2, 0.25) is 0 Å². The first-order valence-electron chi connectivity index (χ1n) is 3.69. The molecule has 0 saturated carbocycles. The zero-order valence-corrected chi connectivity index (χ0v) is 9.10. The number of hydrogen-bond donors (Lipinski definition) is 0. The number of ether oxygens (including phenoxy) is 1. The molecule has 4 nitrogen and oxygen atoms in total. The third-order valence-electron chi connectivity index (χ3n) is 1.62. The summed E-state index contributed by atoms with van der Waals surface area (Å²) < 4.78 is 38.6. The number of carbonyl (C=O) groups is 1. The van der Waals surface area contributed by atoms with Gasteiger partial charge in [0.1, 0.15) is 4.90 Å². The quantitative estimate of drug-likeness (QED) is 0.595. The largest absolute Gasteiger partial charge is 0.465 e. The van der Waals surface area contributed by atoms with Crippen LogP contribution in [0, 0.1) is 0 Å². The molecule has 0 saturated heterocycles. The number of rotatable bonds is 2. The van der Waals surface area contributed by atoms with Crippen LogP contribution in [0.2, 0.25) is 5.02 Å². The van der Waals surface area contributed by atoms with Gasteiger partial charge in [-0.05, 0) is 12.1 Å². The predicted octanol–water partition coefficient (Wildman–Crippen LogP) is 1.78. The van der Waals surface area contributed by atoms with Gasteiger partial charge in [-0.3, -0.25) is 0 Å². The molecule has 7 heteroatoms. The summed E-state index contributed by atoms with van der Waals surface area (Å²) in [5, 5.41) is -0.361. The SMILES string of the molecule is COC(=O)c1cccc(Cl)c1S(=O)(=O)F. The average Bonchev–Trinajstić information content (AvgIpc) is 2.14. The van der Waals surface area contributed by atoms with E-state index in [-0.39, 0.29) is 5.02 Å². The smallest absolute Gasteiger partial charge is 0.339 e. The summed E-state index contributed by atoms with van der Waals surface area (Å²) in [5.41, 5.74) is -0.424. The third-order valence-corrected chi connectivity index (χ3v) is 2.97. The first-order chi connectivity index (χ1) is 6.88. The van der Waals surface area contributed by atoms with Crippen LogP contribution in [0.25, 0.3) is 0 Å². The molecule has 0 atom stereocenters. The minimum Gasteiger partial charge on any atom is -0.465 e. The lowest BCUT2D eigenvalue weighted by atomic mass is 10.2. The maximum Gasteiger partial charge on any atom is 0.339 e. The van der Waals surface area contributed by atoms with E-state index in [1.807, 2.05) is 0 Å². The predicted molar refractivity (Wildman–Crippen MR) is 51.1 cm³/mol. The molecule has 0 aromatic heterocycles. The Morgan fingerprint density at radius 1 is 1.47 bits per heavy atom. The molecule has 0 spiro atoms. The number of methoxy groups -OCH3 is 1. The van der Waals surface area contributed by atoms with Crippen molar-refractivity contribution >= 4 is 27.8 Å². The van der Waals surface area contributed by atoms with E-state index in [0.29, 0.717) is 0 Å². The maximum absolute atomic E-state index is 12.8. The molecule has 0 fully saturated rings. The van der Waals surface area contributed by atoms with Gasteiger partial charge >= 0.3 is 16.2 Å². The van der Waals surface area contributed by atoms with Gasteiger partial charge in [0.15, 0.2) is 0 Å². The normalized spacial score (nSPS) is 11.1. The van der Waals surface area contributed by atoms with Gasteiger partial charge in [-0.25, -0.2) is 4.79 Å². The molecule has 0 unspecified atom stereocenters. The summed E-state index contributed by atoms with van der Waals surface area (Å²) in [4.78, 5) is 10.3. The number of benzene rings is 1. The summed E-state index contributed by atoms with van der Waals surface area (Å²) in [7, 11) is -4.00. The molecule has 1 aromatic carbocycles. The van der Waals surface area contributed by atoms with E-state index in [1.54, 1.807) is 0 Å². The highest BCUT2D eigenvalue weighted by atomic mass is 35.5. The van der Waals surface area contributed by atoms with Gasteiger partial charge < -0.3 is 4.74 Å². The lowest BCUT2D eigenvalue weighted by molar-refractivity contribution is 0.0596.